The number of hydrogen-bond donors (Lipinski definition) is 1. The molecule has 0 aromatic heterocycles. The van der Waals surface area contributed by atoms with Gasteiger partial charge in [-0.05, 0) is 38.9 Å². The highest BCUT2D eigenvalue weighted by Gasteiger charge is 2.35. The van der Waals surface area contributed by atoms with Crippen LogP contribution in [0.4, 0.5) is 0 Å². The maximum Gasteiger partial charge on any atom is 0.252 e. The van der Waals surface area contributed by atoms with Gasteiger partial charge in [-0.3, -0.25) is 4.79 Å². The normalized spacial score (nSPS) is 18.6. The van der Waals surface area contributed by atoms with Crippen molar-refractivity contribution in [2.75, 3.05) is 20.1 Å². The summed E-state index contributed by atoms with van der Waals surface area (Å²) >= 11 is 0. The monoisotopic (exact) mass is 257 g/mol. The Labute approximate surface area is 114 Å². The van der Waals surface area contributed by atoms with Crippen molar-refractivity contribution in [3.05, 3.63) is 35.4 Å². The number of carbonyl (C=O) groups excluding carboxylic acids is 1. The first-order chi connectivity index (χ1) is 9.04. The Balaban J connectivity index is 2.11. The number of nitrogens with one attached hydrogen (secondary N) is 1. The van der Waals surface area contributed by atoms with E-state index < -0.39 is 5.54 Å². The van der Waals surface area contributed by atoms with Crippen LogP contribution in [0, 0.1) is 18.3 Å². The van der Waals surface area contributed by atoms with Crippen molar-refractivity contribution < 1.29 is 4.79 Å². The summed E-state index contributed by atoms with van der Waals surface area (Å²) in [7, 11) is 2.03. The van der Waals surface area contributed by atoms with Crippen LogP contribution in [0.2, 0.25) is 0 Å². The zero-order valence-electron chi connectivity index (χ0n) is 11.4. The lowest BCUT2D eigenvalue weighted by Gasteiger charge is -2.36. The zero-order valence-corrected chi connectivity index (χ0v) is 11.4. The van der Waals surface area contributed by atoms with E-state index in [4.69, 9.17) is 0 Å². The second-order valence-corrected chi connectivity index (χ2v) is 5.32. The molecule has 1 N–H and O–H groups in total. The smallest absolute Gasteiger partial charge is 0.252 e. The lowest BCUT2D eigenvalue weighted by molar-refractivity contribution is 0.0882. The van der Waals surface area contributed by atoms with Gasteiger partial charge in [0, 0.05) is 18.7 Å². The first-order valence-corrected chi connectivity index (χ1v) is 6.54. The molecular formula is C15H19N3O. The number of carbonyl (C=O) groups is 1. The third kappa shape index (κ3) is 3.12. The van der Waals surface area contributed by atoms with Gasteiger partial charge in [-0.25, -0.2) is 0 Å². The van der Waals surface area contributed by atoms with Gasteiger partial charge in [0.1, 0.15) is 5.54 Å². The Kier molecular flexibility index (Phi) is 3.87. The highest BCUT2D eigenvalue weighted by molar-refractivity contribution is 5.95. The SMILES string of the molecule is Cc1cccc(C(=O)NC2(C#N)CCN(C)CC2)c1. The van der Waals surface area contributed by atoms with Crippen molar-refractivity contribution in [3.8, 4) is 6.07 Å². The minimum Gasteiger partial charge on any atom is -0.334 e. The summed E-state index contributed by atoms with van der Waals surface area (Å²) in [5.74, 6) is -0.158. The van der Waals surface area contributed by atoms with Crippen LogP contribution in [0.25, 0.3) is 0 Å². The molecule has 1 aromatic carbocycles. The summed E-state index contributed by atoms with van der Waals surface area (Å²) in [6.07, 6.45) is 1.36. The maximum absolute atomic E-state index is 12.2. The summed E-state index contributed by atoms with van der Waals surface area (Å²) in [5, 5.41) is 12.3. The van der Waals surface area contributed by atoms with Gasteiger partial charge in [0.25, 0.3) is 5.91 Å². The average Bonchev–Trinajstić information content (AvgIpc) is 2.42. The number of piperidine rings is 1. The van der Waals surface area contributed by atoms with Crippen LogP contribution in [0.3, 0.4) is 0 Å². The Morgan fingerprint density at radius 2 is 2.11 bits per heavy atom. The second-order valence-electron chi connectivity index (χ2n) is 5.32. The zero-order chi connectivity index (χ0) is 13.9. The summed E-state index contributed by atoms with van der Waals surface area (Å²) < 4.78 is 0. The summed E-state index contributed by atoms with van der Waals surface area (Å²) in [5.41, 5.74) is 0.948. The number of amides is 1. The molecule has 2 rings (SSSR count). The van der Waals surface area contributed by atoms with E-state index in [1.54, 1.807) is 6.07 Å². The summed E-state index contributed by atoms with van der Waals surface area (Å²) in [6.45, 7) is 3.62. The van der Waals surface area contributed by atoms with Gasteiger partial charge < -0.3 is 10.2 Å². The topological polar surface area (TPSA) is 56.1 Å². The van der Waals surface area contributed by atoms with E-state index in [1.807, 2.05) is 32.2 Å². The predicted molar refractivity (Wildman–Crippen MR) is 73.7 cm³/mol. The molecule has 1 fully saturated rings. The van der Waals surface area contributed by atoms with Crippen LogP contribution >= 0.6 is 0 Å². The van der Waals surface area contributed by atoms with Gasteiger partial charge in [-0.1, -0.05) is 17.7 Å². The van der Waals surface area contributed by atoms with E-state index in [1.165, 1.54) is 0 Å². The van der Waals surface area contributed by atoms with Gasteiger partial charge in [0.2, 0.25) is 0 Å². The Bertz CT molecular complexity index is 510. The lowest BCUT2D eigenvalue weighted by atomic mass is 9.89. The fraction of sp³-hybridized carbons (Fsp3) is 0.467. The minimum atomic E-state index is -0.715. The third-order valence-electron chi connectivity index (χ3n) is 3.69. The van der Waals surface area contributed by atoms with Crippen LogP contribution in [0.15, 0.2) is 24.3 Å². The van der Waals surface area contributed by atoms with Crippen molar-refractivity contribution in [1.82, 2.24) is 10.2 Å². The van der Waals surface area contributed by atoms with E-state index in [0.717, 1.165) is 18.7 Å². The van der Waals surface area contributed by atoms with Crippen molar-refractivity contribution in [2.24, 2.45) is 0 Å². The van der Waals surface area contributed by atoms with Gasteiger partial charge in [0.15, 0.2) is 0 Å². The molecule has 4 heteroatoms. The summed E-state index contributed by atoms with van der Waals surface area (Å²) in [6, 6.07) is 9.73. The van der Waals surface area contributed by atoms with E-state index in [2.05, 4.69) is 16.3 Å². The molecule has 100 valence electrons. The van der Waals surface area contributed by atoms with Crippen molar-refractivity contribution in [3.63, 3.8) is 0 Å². The third-order valence-corrected chi connectivity index (χ3v) is 3.69. The summed E-state index contributed by atoms with van der Waals surface area (Å²) in [4.78, 5) is 14.4. The van der Waals surface area contributed by atoms with Crippen molar-refractivity contribution in [2.45, 2.75) is 25.3 Å². The highest BCUT2D eigenvalue weighted by atomic mass is 16.1. The van der Waals surface area contributed by atoms with Crippen molar-refractivity contribution in [1.29, 1.82) is 5.26 Å². The average molecular weight is 257 g/mol. The first-order valence-electron chi connectivity index (χ1n) is 6.54. The van der Waals surface area contributed by atoms with Crippen LogP contribution in [0.1, 0.15) is 28.8 Å². The van der Waals surface area contributed by atoms with E-state index >= 15 is 0 Å². The Morgan fingerprint density at radius 1 is 1.42 bits per heavy atom. The van der Waals surface area contributed by atoms with Crippen LogP contribution < -0.4 is 5.32 Å². The fourth-order valence-corrected chi connectivity index (χ4v) is 2.34. The molecule has 0 bridgehead atoms. The molecular weight excluding hydrogens is 238 g/mol. The molecule has 4 nitrogen and oxygen atoms in total. The largest absolute Gasteiger partial charge is 0.334 e. The second kappa shape index (κ2) is 5.41. The molecule has 0 spiro atoms. The fourth-order valence-electron chi connectivity index (χ4n) is 2.34. The van der Waals surface area contributed by atoms with Gasteiger partial charge in [-0.2, -0.15) is 5.26 Å². The van der Waals surface area contributed by atoms with Gasteiger partial charge in [-0.15, -0.1) is 0 Å². The number of rotatable bonds is 2. The number of aryl methyl sites for hydroxylation is 1. The number of hydrogen-bond acceptors (Lipinski definition) is 3. The Morgan fingerprint density at radius 3 is 2.68 bits per heavy atom. The molecule has 0 aliphatic carbocycles. The lowest BCUT2D eigenvalue weighted by Crippen LogP contribution is -2.53. The number of benzene rings is 1. The molecule has 1 aromatic rings. The number of nitriles is 1. The van der Waals surface area contributed by atoms with Crippen LogP contribution in [-0.2, 0) is 0 Å². The van der Waals surface area contributed by atoms with E-state index in [9.17, 15) is 10.1 Å². The molecule has 1 aliphatic rings. The van der Waals surface area contributed by atoms with E-state index in [-0.39, 0.29) is 5.91 Å². The van der Waals surface area contributed by atoms with Crippen molar-refractivity contribution >= 4 is 5.91 Å². The number of likely N-dealkylation sites (tertiary alicyclic amines) is 1. The Hall–Kier alpha value is -1.86. The quantitative estimate of drug-likeness (QED) is 0.877. The molecule has 0 unspecified atom stereocenters. The predicted octanol–water partition coefficient (Wildman–Crippen LogP) is 1.71. The minimum absolute atomic E-state index is 0.158. The standard InChI is InChI=1S/C15H19N3O/c1-12-4-3-5-13(10-12)14(19)17-15(11-16)6-8-18(2)9-7-15/h3-5,10H,6-9H2,1-2H3,(H,17,19). The molecule has 0 radical (unpaired) electrons. The molecule has 1 heterocycles. The van der Waals surface area contributed by atoms with E-state index in [0.29, 0.717) is 18.4 Å². The molecule has 0 atom stereocenters. The van der Waals surface area contributed by atoms with Crippen LogP contribution in [-0.4, -0.2) is 36.5 Å². The molecule has 19 heavy (non-hydrogen) atoms. The number of nitrogens with zero attached hydrogens (tertiary/aromatic N) is 2. The van der Waals surface area contributed by atoms with Crippen LogP contribution in [0.5, 0.6) is 0 Å². The molecule has 1 amide bonds. The molecule has 0 saturated carbocycles. The maximum atomic E-state index is 12.2. The molecule has 1 saturated heterocycles. The highest BCUT2D eigenvalue weighted by Crippen LogP contribution is 2.21. The molecule has 1 aliphatic heterocycles. The van der Waals surface area contributed by atoms with Gasteiger partial charge >= 0.3 is 0 Å². The van der Waals surface area contributed by atoms with Gasteiger partial charge in [0.05, 0.1) is 6.07 Å². The first kappa shape index (κ1) is 13.6.